The van der Waals surface area contributed by atoms with Crippen LogP contribution in [0, 0.1) is 6.92 Å². The van der Waals surface area contributed by atoms with Crippen LogP contribution in [0.5, 0.6) is 0 Å². The Bertz CT molecular complexity index is 531. The Balaban J connectivity index is 1.98. The van der Waals surface area contributed by atoms with Gasteiger partial charge in [-0.25, -0.2) is 0 Å². The van der Waals surface area contributed by atoms with Crippen molar-refractivity contribution in [3.8, 4) is 0 Å². The molecule has 0 atom stereocenters. The van der Waals surface area contributed by atoms with E-state index in [1.54, 1.807) is 0 Å². The van der Waals surface area contributed by atoms with Crippen LogP contribution in [-0.2, 0) is 11.3 Å². The number of rotatable bonds is 4. The monoisotopic (exact) mass is 257 g/mol. The van der Waals surface area contributed by atoms with E-state index in [0.29, 0.717) is 6.54 Å². The number of hydrogen-bond acceptors (Lipinski definition) is 1. The topological polar surface area (TPSA) is 14.2 Å². The second-order valence-corrected chi connectivity index (χ2v) is 4.18. The van der Waals surface area contributed by atoms with Crippen LogP contribution in [0.3, 0.4) is 0 Å². The van der Waals surface area contributed by atoms with Crippen LogP contribution in [0.25, 0.3) is 10.9 Å². The van der Waals surface area contributed by atoms with Gasteiger partial charge in [0.15, 0.2) is 0 Å². The first-order chi connectivity index (χ1) is 8.47. The number of halogens is 3. The van der Waals surface area contributed by atoms with Crippen LogP contribution in [0.2, 0.25) is 0 Å². The Kier molecular flexibility index (Phi) is 3.61. The highest BCUT2D eigenvalue weighted by atomic mass is 19.4. The summed E-state index contributed by atoms with van der Waals surface area (Å²) in [4.78, 5) is 0. The molecule has 1 aromatic heterocycles. The maximum absolute atomic E-state index is 11.9. The fourth-order valence-corrected chi connectivity index (χ4v) is 1.92. The van der Waals surface area contributed by atoms with Gasteiger partial charge in [-0.05, 0) is 24.6 Å². The highest BCUT2D eigenvalue weighted by Crippen LogP contribution is 2.19. The van der Waals surface area contributed by atoms with Gasteiger partial charge >= 0.3 is 6.18 Å². The van der Waals surface area contributed by atoms with Crippen molar-refractivity contribution in [2.45, 2.75) is 19.6 Å². The van der Waals surface area contributed by atoms with Crippen LogP contribution >= 0.6 is 0 Å². The fourth-order valence-electron chi connectivity index (χ4n) is 1.92. The molecule has 0 aliphatic carbocycles. The number of nitrogens with zero attached hydrogens (tertiary/aromatic N) is 1. The molecule has 18 heavy (non-hydrogen) atoms. The lowest BCUT2D eigenvalue weighted by atomic mass is 10.1. The van der Waals surface area contributed by atoms with Crippen LogP contribution < -0.4 is 0 Å². The molecule has 0 N–H and O–H groups in total. The number of aryl methyl sites for hydroxylation is 1. The molecule has 98 valence electrons. The maximum atomic E-state index is 11.9. The zero-order valence-corrected chi connectivity index (χ0v) is 10.00. The summed E-state index contributed by atoms with van der Waals surface area (Å²) >= 11 is 0. The molecule has 0 saturated heterocycles. The Morgan fingerprint density at radius 3 is 2.72 bits per heavy atom. The molecule has 2 rings (SSSR count). The van der Waals surface area contributed by atoms with Gasteiger partial charge in [0.2, 0.25) is 0 Å². The van der Waals surface area contributed by atoms with Gasteiger partial charge in [-0.2, -0.15) is 13.2 Å². The average Bonchev–Trinajstić information content (AvgIpc) is 2.68. The minimum atomic E-state index is -4.25. The van der Waals surface area contributed by atoms with Crippen molar-refractivity contribution in [2.24, 2.45) is 0 Å². The van der Waals surface area contributed by atoms with Gasteiger partial charge in [0.25, 0.3) is 0 Å². The van der Waals surface area contributed by atoms with Crippen molar-refractivity contribution >= 4 is 10.9 Å². The third-order valence-corrected chi connectivity index (χ3v) is 2.77. The predicted molar refractivity (Wildman–Crippen MR) is 63.5 cm³/mol. The quantitative estimate of drug-likeness (QED) is 0.764. The molecule has 0 bridgehead atoms. The van der Waals surface area contributed by atoms with Gasteiger partial charge in [-0.1, -0.05) is 12.1 Å². The average molecular weight is 257 g/mol. The summed E-state index contributed by atoms with van der Waals surface area (Å²) in [5, 5.41) is 1.12. The lowest BCUT2D eigenvalue weighted by Crippen LogP contribution is -2.18. The summed E-state index contributed by atoms with van der Waals surface area (Å²) in [5.74, 6) is 0. The smallest absolute Gasteiger partial charge is 0.370 e. The lowest BCUT2D eigenvalue weighted by molar-refractivity contribution is -0.174. The van der Waals surface area contributed by atoms with E-state index in [4.69, 9.17) is 0 Å². The van der Waals surface area contributed by atoms with Gasteiger partial charge in [0.1, 0.15) is 6.61 Å². The van der Waals surface area contributed by atoms with Crippen LogP contribution in [0.4, 0.5) is 13.2 Å². The Hall–Kier alpha value is -1.49. The Morgan fingerprint density at radius 1 is 1.22 bits per heavy atom. The zero-order chi connectivity index (χ0) is 13.2. The summed E-state index contributed by atoms with van der Waals surface area (Å²) in [6, 6.07) is 7.86. The standard InChI is InChI=1S/C13H14F3NO/c1-10-3-2-4-12-11(10)5-6-17(12)7-8-18-9-13(14,15)16/h2-6H,7-9H2,1H3. The maximum Gasteiger partial charge on any atom is 0.411 e. The molecule has 1 aromatic carbocycles. The van der Waals surface area contributed by atoms with E-state index in [9.17, 15) is 13.2 Å². The molecule has 0 unspecified atom stereocenters. The number of aromatic nitrogens is 1. The van der Waals surface area contributed by atoms with E-state index in [1.165, 1.54) is 0 Å². The largest absolute Gasteiger partial charge is 0.411 e. The van der Waals surface area contributed by atoms with Crippen molar-refractivity contribution in [3.05, 3.63) is 36.0 Å². The lowest BCUT2D eigenvalue weighted by Gasteiger charge is -2.09. The number of ether oxygens (including phenoxy) is 1. The van der Waals surface area contributed by atoms with Gasteiger partial charge in [0.05, 0.1) is 6.61 Å². The van der Waals surface area contributed by atoms with Crippen molar-refractivity contribution < 1.29 is 17.9 Å². The van der Waals surface area contributed by atoms with Crippen LogP contribution in [0.15, 0.2) is 30.5 Å². The predicted octanol–water partition coefficient (Wildman–Crippen LogP) is 3.53. The molecule has 2 aromatic rings. The summed E-state index contributed by atoms with van der Waals surface area (Å²) in [7, 11) is 0. The number of hydrogen-bond donors (Lipinski definition) is 0. The first-order valence-electron chi connectivity index (χ1n) is 5.66. The summed E-state index contributed by atoms with van der Waals surface area (Å²) in [6.45, 7) is 1.29. The minimum Gasteiger partial charge on any atom is -0.370 e. The molecule has 0 aliphatic heterocycles. The number of fused-ring (bicyclic) bond motifs is 1. The normalized spacial score (nSPS) is 12.2. The molecule has 5 heteroatoms. The van der Waals surface area contributed by atoms with Crippen LogP contribution in [0.1, 0.15) is 5.56 Å². The molecule has 0 fully saturated rings. The van der Waals surface area contributed by atoms with Crippen molar-refractivity contribution in [1.29, 1.82) is 0 Å². The molecule has 0 aliphatic rings. The second-order valence-electron chi connectivity index (χ2n) is 4.18. The van der Waals surface area contributed by atoms with Crippen molar-refractivity contribution in [1.82, 2.24) is 4.57 Å². The van der Waals surface area contributed by atoms with E-state index in [0.717, 1.165) is 16.5 Å². The number of alkyl halides is 3. The minimum absolute atomic E-state index is 0.0528. The van der Waals surface area contributed by atoms with E-state index in [-0.39, 0.29) is 6.61 Å². The van der Waals surface area contributed by atoms with E-state index in [1.807, 2.05) is 42.0 Å². The molecular weight excluding hydrogens is 243 g/mol. The van der Waals surface area contributed by atoms with Gasteiger partial charge in [-0.15, -0.1) is 0 Å². The third-order valence-electron chi connectivity index (χ3n) is 2.77. The molecule has 0 radical (unpaired) electrons. The molecule has 0 spiro atoms. The van der Waals surface area contributed by atoms with E-state index < -0.39 is 12.8 Å². The Morgan fingerprint density at radius 2 is 2.00 bits per heavy atom. The molecular formula is C13H14F3NO. The molecule has 2 nitrogen and oxygen atoms in total. The first-order valence-corrected chi connectivity index (χ1v) is 5.66. The van der Waals surface area contributed by atoms with Gasteiger partial charge < -0.3 is 9.30 Å². The number of benzene rings is 1. The molecule has 0 saturated carbocycles. The van der Waals surface area contributed by atoms with Crippen molar-refractivity contribution in [3.63, 3.8) is 0 Å². The Labute approximate surface area is 103 Å². The van der Waals surface area contributed by atoms with Gasteiger partial charge in [-0.3, -0.25) is 0 Å². The van der Waals surface area contributed by atoms with E-state index >= 15 is 0 Å². The summed E-state index contributed by atoms with van der Waals surface area (Å²) in [5.41, 5.74) is 2.17. The van der Waals surface area contributed by atoms with E-state index in [2.05, 4.69) is 4.74 Å². The third kappa shape index (κ3) is 3.04. The highest BCUT2D eigenvalue weighted by Gasteiger charge is 2.27. The van der Waals surface area contributed by atoms with Gasteiger partial charge in [0, 0.05) is 23.6 Å². The SMILES string of the molecule is Cc1cccc2c1ccn2CCOCC(F)(F)F. The van der Waals surface area contributed by atoms with Crippen LogP contribution in [-0.4, -0.2) is 24.0 Å². The highest BCUT2D eigenvalue weighted by molar-refractivity contribution is 5.83. The van der Waals surface area contributed by atoms with Crippen molar-refractivity contribution in [2.75, 3.05) is 13.2 Å². The molecule has 1 heterocycles. The zero-order valence-electron chi connectivity index (χ0n) is 10.00. The first kappa shape index (κ1) is 13.0. The molecule has 0 amide bonds. The fraction of sp³-hybridized carbons (Fsp3) is 0.385. The summed E-state index contributed by atoms with van der Waals surface area (Å²) < 4.78 is 42.2. The summed E-state index contributed by atoms with van der Waals surface area (Å²) in [6.07, 6.45) is -2.38. The second kappa shape index (κ2) is 5.02.